The van der Waals surface area contributed by atoms with Crippen LogP contribution < -0.4 is 20.4 Å². The van der Waals surface area contributed by atoms with E-state index >= 15 is 0 Å². The minimum atomic E-state index is -3.16. The van der Waals surface area contributed by atoms with Crippen molar-refractivity contribution >= 4 is 17.9 Å². The Kier molecular flexibility index (Phi) is 8.16. The van der Waals surface area contributed by atoms with E-state index in [0.29, 0.717) is 12.8 Å². The van der Waals surface area contributed by atoms with Crippen molar-refractivity contribution in [3.05, 3.63) is 138 Å². The number of nitrogens with one attached hydrogen (secondary N) is 1. The summed E-state index contributed by atoms with van der Waals surface area (Å²) in [6.07, 6.45) is 1.18. The van der Waals surface area contributed by atoms with E-state index in [1.54, 1.807) is 7.11 Å². The van der Waals surface area contributed by atoms with Crippen LogP contribution >= 0.6 is 7.29 Å². The molecule has 0 saturated carbocycles. The molecule has 4 aromatic carbocycles. The fourth-order valence-corrected chi connectivity index (χ4v) is 6.76. The summed E-state index contributed by atoms with van der Waals surface area (Å²) in [5, 5.41) is 5.07. The van der Waals surface area contributed by atoms with E-state index in [0.717, 1.165) is 27.5 Å². The molecule has 4 nitrogen and oxygen atoms in total. The number of rotatable bonds is 10. The maximum atomic E-state index is 14.7. The highest BCUT2D eigenvalue weighted by atomic mass is 31.2. The second-order valence-electron chi connectivity index (χ2n) is 8.45. The van der Waals surface area contributed by atoms with Gasteiger partial charge in [-0.05, 0) is 60.5 Å². The molecule has 0 fully saturated rings. The molecule has 1 N–H and O–H groups in total. The van der Waals surface area contributed by atoms with Gasteiger partial charge >= 0.3 is 0 Å². The second kappa shape index (κ2) is 11.7. The van der Waals surface area contributed by atoms with E-state index in [1.165, 1.54) is 0 Å². The molecule has 0 bridgehead atoms. The molecule has 0 spiro atoms. The summed E-state index contributed by atoms with van der Waals surface area (Å²) in [6, 6.07) is 36.4. The summed E-state index contributed by atoms with van der Waals surface area (Å²) in [6.45, 7) is 7.93. The van der Waals surface area contributed by atoms with E-state index in [1.807, 2.05) is 103 Å². The minimum Gasteiger partial charge on any atom is -0.497 e. The van der Waals surface area contributed by atoms with E-state index in [2.05, 4.69) is 22.1 Å². The zero-order valence-electron chi connectivity index (χ0n) is 19.7. The molecule has 2 atom stereocenters. The first kappa shape index (κ1) is 24.5. The maximum absolute atomic E-state index is 14.7. The Labute approximate surface area is 207 Å². The van der Waals surface area contributed by atoms with E-state index in [4.69, 9.17) is 11.3 Å². The van der Waals surface area contributed by atoms with E-state index in [-0.39, 0.29) is 12.1 Å². The topological polar surface area (TPSA) is 42.7 Å². The van der Waals surface area contributed by atoms with Crippen LogP contribution in [-0.2, 0) is 11.0 Å². The summed E-state index contributed by atoms with van der Waals surface area (Å²) in [5.74, 6) is 0.758. The van der Waals surface area contributed by atoms with Crippen molar-refractivity contribution in [2.75, 3.05) is 7.11 Å². The van der Waals surface area contributed by atoms with E-state index < -0.39 is 7.29 Å². The summed E-state index contributed by atoms with van der Waals surface area (Å²) in [5.41, 5.74) is 2.06. The average molecular weight is 481 g/mol. The lowest BCUT2D eigenvalue weighted by Gasteiger charge is -2.27. The third kappa shape index (κ3) is 6.08. The lowest BCUT2D eigenvalue weighted by Crippen LogP contribution is -2.37. The quantitative estimate of drug-likeness (QED) is 0.218. The summed E-state index contributed by atoms with van der Waals surface area (Å²) in [7, 11) is -1.53. The van der Waals surface area contributed by atoms with Gasteiger partial charge in [-0.25, -0.2) is 6.57 Å². The lowest BCUT2D eigenvalue weighted by atomic mass is 9.96. The fourth-order valence-electron chi connectivity index (χ4n) is 4.27. The molecule has 5 heteroatoms. The second-order valence-corrected chi connectivity index (χ2v) is 11.0. The number of benzene rings is 4. The molecule has 0 aromatic heterocycles. The van der Waals surface area contributed by atoms with Crippen LogP contribution in [0, 0.1) is 6.57 Å². The molecule has 4 rings (SSSR count). The van der Waals surface area contributed by atoms with Crippen LogP contribution in [0.2, 0.25) is 0 Å². The molecule has 0 heterocycles. The molecule has 0 radical (unpaired) electrons. The molecule has 4 aromatic rings. The molecule has 176 valence electrons. The third-order valence-electron chi connectivity index (χ3n) is 6.09. The highest BCUT2D eigenvalue weighted by molar-refractivity contribution is 7.76. The molecule has 0 aliphatic carbocycles. The Hall–Kier alpha value is -3.64. The highest BCUT2D eigenvalue weighted by Crippen LogP contribution is 2.41. The molecule has 35 heavy (non-hydrogen) atoms. The van der Waals surface area contributed by atoms with Gasteiger partial charge in [0.2, 0.25) is 13.3 Å². The summed E-state index contributed by atoms with van der Waals surface area (Å²) >= 11 is 0. The Balaban J connectivity index is 1.70. The predicted molar refractivity (Wildman–Crippen MR) is 144 cm³/mol. The largest absolute Gasteiger partial charge is 0.497 e. The van der Waals surface area contributed by atoms with E-state index in [9.17, 15) is 4.57 Å². The molecular weight excluding hydrogens is 451 g/mol. The van der Waals surface area contributed by atoms with Gasteiger partial charge < -0.3 is 9.58 Å². The van der Waals surface area contributed by atoms with Crippen molar-refractivity contribution in [1.82, 2.24) is 5.09 Å². The highest BCUT2D eigenvalue weighted by Gasteiger charge is 2.32. The Morgan fingerprint density at radius 1 is 0.800 bits per heavy atom. The average Bonchev–Trinajstić information content (AvgIpc) is 2.93. The Bertz CT molecular complexity index is 1240. The lowest BCUT2D eigenvalue weighted by molar-refractivity contribution is 0.414. The third-order valence-corrected chi connectivity index (χ3v) is 8.87. The SMILES string of the molecule is [C-]#[N+][C@H](C[C@H](Cc1ccccc1)NP(=O)(c1ccccc1)c1ccccc1)c1ccc(OC)cc1. The van der Waals surface area contributed by atoms with Gasteiger partial charge in [-0.15, -0.1) is 0 Å². The van der Waals surface area contributed by atoms with Crippen LogP contribution in [0.3, 0.4) is 0 Å². The fraction of sp³-hybridized carbons (Fsp3) is 0.167. The molecule has 0 saturated heterocycles. The van der Waals surface area contributed by atoms with Crippen LogP contribution in [0.25, 0.3) is 4.85 Å². The molecule has 0 unspecified atom stereocenters. The number of ether oxygens (including phenoxy) is 1. The predicted octanol–water partition coefficient (Wildman–Crippen LogP) is 6.18. The standard InChI is InChI=1S/C30H29N2O2P/c1-31-30(25-18-20-27(34-2)21-19-25)23-26(22-24-12-6-3-7-13-24)32-35(33,28-14-8-4-9-15-28)29-16-10-5-11-17-29/h3-21,26,30H,22-23H2,2H3,(H,32,33)/t26-,30+/m0/s1. The van der Waals surface area contributed by atoms with Gasteiger partial charge in [-0.1, -0.05) is 66.7 Å². The number of methoxy groups -OCH3 is 1. The van der Waals surface area contributed by atoms with Crippen LogP contribution in [-0.4, -0.2) is 13.2 Å². The van der Waals surface area contributed by atoms with Gasteiger partial charge in [0.05, 0.1) is 7.11 Å². The Morgan fingerprint density at radius 2 is 1.31 bits per heavy atom. The van der Waals surface area contributed by atoms with Crippen LogP contribution in [0.5, 0.6) is 5.75 Å². The van der Waals surface area contributed by atoms with Crippen LogP contribution in [0.15, 0.2) is 115 Å². The van der Waals surface area contributed by atoms with Crippen molar-refractivity contribution < 1.29 is 9.30 Å². The van der Waals surface area contributed by atoms with Gasteiger partial charge in [-0.2, -0.15) is 0 Å². The number of hydrogen-bond acceptors (Lipinski definition) is 2. The maximum Gasteiger partial charge on any atom is 0.250 e. The normalized spacial score (nSPS) is 12.9. The van der Waals surface area contributed by atoms with Gasteiger partial charge in [-0.3, -0.25) is 9.65 Å². The first-order chi connectivity index (χ1) is 17.1. The molecular formula is C30H29N2O2P. The van der Waals surface area contributed by atoms with Crippen LogP contribution in [0.1, 0.15) is 23.6 Å². The number of nitrogens with zero attached hydrogens (tertiary/aromatic N) is 1. The van der Waals surface area contributed by atoms with Crippen molar-refractivity contribution in [2.24, 2.45) is 0 Å². The molecule has 0 aliphatic rings. The smallest absolute Gasteiger partial charge is 0.250 e. The van der Waals surface area contributed by atoms with Crippen molar-refractivity contribution in [3.8, 4) is 5.75 Å². The zero-order chi connectivity index (χ0) is 24.5. The van der Waals surface area contributed by atoms with Gasteiger partial charge in [0.15, 0.2) is 0 Å². The van der Waals surface area contributed by atoms with Gasteiger partial charge in [0.1, 0.15) is 5.75 Å². The van der Waals surface area contributed by atoms with Crippen molar-refractivity contribution in [3.63, 3.8) is 0 Å². The monoisotopic (exact) mass is 480 g/mol. The summed E-state index contributed by atoms with van der Waals surface area (Å²) < 4.78 is 20.0. The molecule has 0 amide bonds. The first-order valence-corrected chi connectivity index (χ1v) is 13.4. The van der Waals surface area contributed by atoms with Crippen molar-refractivity contribution in [1.29, 1.82) is 0 Å². The first-order valence-electron chi connectivity index (χ1n) is 11.7. The van der Waals surface area contributed by atoms with Crippen molar-refractivity contribution in [2.45, 2.75) is 24.9 Å². The minimum absolute atomic E-state index is 0.190. The van der Waals surface area contributed by atoms with Gasteiger partial charge in [0, 0.05) is 28.6 Å². The zero-order valence-corrected chi connectivity index (χ0v) is 20.6. The van der Waals surface area contributed by atoms with Crippen LogP contribution in [0.4, 0.5) is 0 Å². The summed E-state index contributed by atoms with van der Waals surface area (Å²) in [4.78, 5) is 3.95. The van der Waals surface area contributed by atoms with Gasteiger partial charge in [0.25, 0.3) is 0 Å². The number of hydrogen-bond donors (Lipinski definition) is 1. The molecule has 0 aliphatic heterocycles. The Morgan fingerprint density at radius 3 is 1.80 bits per heavy atom.